The maximum atomic E-state index is 13.5. The molecule has 0 bridgehead atoms. The Morgan fingerprint density at radius 1 is 1.38 bits per heavy atom. The van der Waals surface area contributed by atoms with Gasteiger partial charge in [0.2, 0.25) is 0 Å². The number of nitrogens with one attached hydrogen (secondary N) is 1. The van der Waals surface area contributed by atoms with Gasteiger partial charge in [-0.05, 0) is 31.9 Å². The van der Waals surface area contributed by atoms with E-state index in [1.165, 1.54) is 25.3 Å². The van der Waals surface area contributed by atoms with Gasteiger partial charge in [0.15, 0.2) is 17.5 Å². The monoisotopic (exact) mass is 293 g/mol. The van der Waals surface area contributed by atoms with Crippen molar-refractivity contribution in [1.82, 2.24) is 5.32 Å². The summed E-state index contributed by atoms with van der Waals surface area (Å²) in [4.78, 5) is 4.28. The fraction of sp³-hybridized carbons (Fsp3) is 0.562. The molecule has 116 valence electrons. The lowest BCUT2D eigenvalue weighted by Gasteiger charge is -2.23. The normalized spacial score (nSPS) is 18.3. The Bertz CT molecular complexity index is 472. The number of hydrogen-bond acceptors (Lipinski definition) is 2. The first-order chi connectivity index (χ1) is 10.1. The van der Waals surface area contributed by atoms with Crippen LogP contribution in [-0.2, 0) is 0 Å². The van der Waals surface area contributed by atoms with Crippen molar-refractivity contribution in [2.24, 2.45) is 10.7 Å². The quantitative estimate of drug-likeness (QED) is 0.648. The topological polar surface area (TPSA) is 59.6 Å². The molecule has 2 rings (SSSR count). The minimum absolute atomic E-state index is 0.228. The van der Waals surface area contributed by atoms with Gasteiger partial charge in [0, 0.05) is 6.04 Å². The molecule has 0 amide bonds. The number of para-hydroxylation sites is 1. The highest BCUT2D eigenvalue weighted by molar-refractivity contribution is 5.78. The van der Waals surface area contributed by atoms with Crippen molar-refractivity contribution in [1.29, 1.82) is 0 Å². The van der Waals surface area contributed by atoms with Crippen LogP contribution in [0.15, 0.2) is 29.3 Å². The summed E-state index contributed by atoms with van der Waals surface area (Å²) in [5.41, 5.74) is 5.89. The molecule has 3 N–H and O–H groups in total. The van der Waals surface area contributed by atoms with E-state index in [-0.39, 0.29) is 17.7 Å². The minimum atomic E-state index is -0.360. The van der Waals surface area contributed by atoms with Gasteiger partial charge >= 0.3 is 0 Å². The molecule has 0 aliphatic heterocycles. The van der Waals surface area contributed by atoms with Crippen molar-refractivity contribution in [3.05, 3.63) is 30.1 Å². The van der Waals surface area contributed by atoms with Gasteiger partial charge in [0.1, 0.15) is 6.10 Å². The number of nitrogens with zero attached hydrogens (tertiary/aromatic N) is 1. The first kappa shape index (κ1) is 15.6. The second kappa shape index (κ2) is 7.86. The van der Waals surface area contributed by atoms with E-state index < -0.39 is 0 Å². The molecule has 0 radical (unpaired) electrons. The highest BCUT2D eigenvalue weighted by atomic mass is 19.1. The number of nitrogens with two attached hydrogens (primary N) is 1. The van der Waals surface area contributed by atoms with Crippen molar-refractivity contribution in [2.45, 2.75) is 51.2 Å². The zero-order valence-corrected chi connectivity index (χ0v) is 12.5. The second-order valence-corrected chi connectivity index (χ2v) is 5.56. The number of ether oxygens (including phenoxy) is 1. The molecular weight excluding hydrogens is 269 g/mol. The fourth-order valence-corrected chi connectivity index (χ4v) is 2.52. The lowest BCUT2D eigenvalue weighted by molar-refractivity contribution is 0.220. The van der Waals surface area contributed by atoms with Gasteiger partial charge in [-0.3, -0.25) is 0 Å². The van der Waals surface area contributed by atoms with E-state index in [0.717, 1.165) is 12.8 Å². The van der Waals surface area contributed by atoms with Crippen LogP contribution in [0.5, 0.6) is 5.75 Å². The molecule has 0 aromatic heterocycles. The molecule has 1 atom stereocenters. The van der Waals surface area contributed by atoms with E-state index in [2.05, 4.69) is 10.3 Å². The number of benzene rings is 1. The summed E-state index contributed by atoms with van der Waals surface area (Å²) < 4.78 is 19.0. The molecule has 1 saturated carbocycles. The summed E-state index contributed by atoms with van der Waals surface area (Å²) in [6, 6.07) is 6.80. The first-order valence-corrected chi connectivity index (χ1v) is 7.63. The first-order valence-electron chi connectivity index (χ1n) is 7.63. The van der Waals surface area contributed by atoms with Crippen molar-refractivity contribution in [2.75, 3.05) is 6.54 Å². The van der Waals surface area contributed by atoms with E-state index in [0.29, 0.717) is 18.5 Å². The Hall–Kier alpha value is -1.78. The van der Waals surface area contributed by atoms with Gasteiger partial charge in [-0.2, -0.15) is 0 Å². The minimum Gasteiger partial charge on any atom is -0.486 e. The van der Waals surface area contributed by atoms with Crippen LogP contribution in [0.3, 0.4) is 0 Å². The Morgan fingerprint density at radius 3 is 2.81 bits per heavy atom. The summed E-state index contributed by atoms with van der Waals surface area (Å²) >= 11 is 0. The summed E-state index contributed by atoms with van der Waals surface area (Å²) in [5, 5.41) is 3.25. The van der Waals surface area contributed by atoms with Gasteiger partial charge in [-0.25, -0.2) is 9.38 Å². The van der Waals surface area contributed by atoms with Gasteiger partial charge in [0.25, 0.3) is 0 Å². The van der Waals surface area contributed by atoms with Crippen molar-refractivity contribution < 1.29 is 9.13 Å². The molecule has 1 unspecified atom stereocenters. The lowest BCUT2D eigenvalue weighted by atomic mass is 9.96. The third-order valence-corrected chi connectivity index (χ3v) is 3.64. The van der Waals surface area contributed by atoms with E-state index in [9.17, 15) is 4.39 Å². The number of hydrogen-bond donors (Lipinski definition) is 2. The average Bonchev–Trinajstić information content (AvgIpc) is 2.49. The molecule has 1 aliphatic rings. The van der Waals surface area contributed by atoms with Crippen LogP contribution in [0.4, 0.5) is 4.39 Å². The molecular formula is C16H24FN3O. The Balaban J connectivity index is 1.78. The molecule has 0 spiro atoms. The van der Waals surface area contributed by atoms with Gasteiger partial charge < -0.3 is 15.8 Å². The standard InChI is InChI=1S/C16H24FN3O/c1-12(21-15-10-6-5-9-14(15)17)11-19-16(18)20-13-7-3-2-4-8-13/h5-6,9-10,12-13H,2-4,7-8,11H2,1H3,(H3,18,19,20). The van der Waals surface area contributed by atoms with Crippen molar-refractivity contribution >= 4 is 5.96 Å². The van der Waals surface area contributed by atoms with Crippen LogP contribution in [0, 0.1) is 5.82 Å². The van der Waals surface area contributed by atoms with Crippen LogP contribution in [0.1, 0.15) is 39.0 Å². The molecule has 1 aromatic carbocycles. The molecule has 21 heavy (non-hydrogen) atoms. The zero-order valence-electron chi connectivity index (χ0n) is 12.5. The molecule has 0 saturated heterocycles. The third-order valence-electron chi connectivity index (χ3n) is 3.64. The average molecular weight is 293 g/mol. The molecule has 1 aromatic rings. The fourth-order valence-electron chi connectivity index (χ4n) is 2.52. The lowest BCUT2D eigenvalue weighted by Crippen LogP contribution is -2.41. The van der Waals surface area contributed by atoms with Gasteiger partial charge in [-0.1, -0.05) is 31.4 Å². The maximum absolute atomic E-state index is 13.5. The van der Waals surface area contributed by atoms with E-state index >= 15 is 0 Å². The van der Waals surface area contributed by atoms with Crippen LogP contribution >= 0.6 is 0 Å². The molecule has 1 aliphatic carbocycles. The smallest absolute Gasteiger partial charge is 0.188 e. The van der Waals surface area contributed by atoms with Crippen LogP contribution in [0.25, 0.3) is 0 Å². The summed E-state index contributed by atoms with van der Waals surface area (Å²) in [6.45, 7) is 2.25. The summed E-state index contributed by atoms with van der Waals surface area (Å²) in [6.07, 6.45) is 5.88. The molecule has 5 heteroatoms. The largest absolute Gasteiger partial charge is 0.486 e. The molecule has 1 fully saturated rings. The van der Waals surface area contributed by atoms with Crippen molar-refractivity contribution in [3.63, 3.8) is 0 Å². The van der Waals surface area contributed by atoms with Crippen LogP contribution in [0.2, 0.25) is 0 Å². The number of rotatable bonds is 5. The summed E-state index contributed by atoms with van der Waals surface area (Å²) in [5.74, 6) is 0.339. The molecule has 4 nitrogen and oxygen atoms in total. The number of halogens is 1. The van der Waals surface area contributed by atoms with Gasteiger partial charge in [0.05, 0.1) is 6.54 Å². The van der Waals surface area contributed by atoms with Gasteiger partial charge in [-0.15, -0.1) is 0 Å². The highest BCUT2D eigenvalue weighted by Gasteiger charge is 2.13. The van der Waals surface area contributed by atoms with Crippen LogP contribution in [-0.4, -0.2) is 24.7 Å². The third kappa shape index (κ3) is 5.25. The van der Waals surface area contributed by atoms with Crippen LogP contribution < -0.4 is 15.8 Å². The van der Waals surface area contributed by atoms with E-state index in [1.54, 1.807) is 18.2 Å². The predicted molar refractivity (Wildman–Crippen MR) is 83.0 cm³/mol. The number of guanidine groups is 1. The highest BCUT2D eigenvalue weighted by Crippen LogP contribution is 2.18. The predicted octanol–water partition coefficient (Wildman–Crippen LogP) is 2.83. The zero-order chi connectivity index (χ0) is 15.1. The maximum Gasteiger partial charge on any atom is 0.188 e. The Kier molecular flexibility index (Phi) is 5.84. The van der Waals surface area contributed by atoms with E-state index in [4.69, 9.17) is 10.5 Å². The van der Waals surface area contributed by atoms with E-state index in [1.807, 2.05) is 6.92 Å². The number of aliphatic imine (C=N–C) groups is 1. The Labute approximate surface area is 125 Å². The Morgan fingerprint density at radius 2 is 2.10 bits per heavy atom. The van der Waals surface area contributed by atoms with Crippen molar-refractivity contribution in [3.8, 4) is 5.75 Å². The summed E-state index contributed by atoms with van der Waals surface area (Å²) in [7, 11) is 0. The second-order valence-electron chi connectivity index (χ2n) is 5.56. The molecule has 0 heterocycles. The SMILES string of the molecule is CC(CN=C(N)NC1CCCCC1)Oc1ccccc1F.